The standard InChI is InChI=1S/C34H38F2O2/c1-2-5-22-8-10-23(11-9-22)12-13-24-14-16-25(17-15-24)27-18-19-28-29-20-21-30(37-26-6-3-4-7-26)32(36)34(29)38-33(28)31(27)35/h14-23,26H,2-13H2,1H3. The van der Waals surface area contributed by atoms with Crippen LogP contribution in [0.2, 0.25) is 0 Å². The molecule has 2 fully saturated rings. The zero-order valence-electron chi connectivity index (χ0n) is 22.4. The minimum Gasteiger partial charge on any atom is -0.487 e. The highest BCUT2D eigenvalue weighted by atomic mass is 19.1. The number of rotatable bonds is 8. The zero-order chi connectivity index (χ0) is 26.1. The van der Waals surface area contributed by atoms with E-state index in [1.165, 1.54) is 50.5 Å². The Hall–Kier alpha value is -2.88. The van der Waals surface area contributed by atoms with E-state index < -0.39 is 11.6 Å². The third kappa shape index (κ3) is 5.07. The van der Waals surface area contributed by atoms with Crippen molar-refractivity contribution in [3.8, 4) is 16.9 Å². The fourth-order valence-electron chi connectivity index (χ4n) is 6.76. The van der Waals surface area contributed by atoms with Crippen molar-refractivity contribution in [3.05, 3.63) is 65.7 Å². The number of halogens is 2. The first-order valence-corrected chi connectivity index (χ1v) is 14.7. The Labute approximate surface area is 224 Å². The number of aryl methyl sites for hydroxylation is 1. The molecule has 0 bridgehead atoms. The Bertz CT molecular complexity index is 1390. The summed E-state index contributed by atoms with van der Waals surface area (Å²) in [6, 6.07) is 15.3. The monoisotopic (exact) mass is 516 g/mol. The SMILES string of the molecule is CCCC1CCC(CCc2ccc(-c3ccc4c(oc5c(F)c(OC6CCCC6)ccc54)c3F)cc2)CC1. The molecule has 2 aliphatic rings. The molecular formula is C34H38F2O2. The molecule has 3 aromatic carbocycles. The van der Waals surface area contributed by atoms with E-state index in [1.54, 1.807) is 18.2 Å². The molecule has 4 heteroatoms. The second kappa shape index (κ2) is 11.1. The Balaban J connectivity index is 1.18. The van der Waals surface area contributed by atoms with Crippen molar-refractivity contribution < 1.29 is 17.9 Å². The lowest BCUT2D eigenvalue weighted by Crippen LogP contribution is -2.15. The predicted molar refractivity (Wildman–Crippen MR) is 151 cm³/mol. The van der Waals surface area contributed by atoms with Gasteiger partial charge in [0.05, 0.1) is 6.10 Å². The zero-order valence-corrected chi connectivity index (χ0v) is 22.4. The van der Waals surface area contributed by atoms with Gasteiger partial charge in [-0.2, -0.15) is 4.39 Å². The van der Waals surface area contributed by atoms with Crippen LogP contribution in [0.3, 0.4) is 0 Å². The van der Waals surface area contributed by atoms with Crippen LogP contribution in [0, 0.1) is 23.5 Å². The second-order valence-electron chi connectivity index (χ2n) is 11.6. The summed E-state index contributed by atoms with van der Waals surface area (Å²) in [5.74, 6) is 0.968. The van der Waals surface area contributed by atoms with Gasteiger partial charge in [0.2, 0.25) is 5.82 Å². The minimum atomic E-state index is -0.547. The lowest BCUT2D eigenvalue weighted by molar-refractivity contribution is 0.201. The molecule has 1 aromatic heterocycles. The number of fused-ring (bicyclic) bond motifs is 3. The van der Waals surface area contributed by atoms with Crippen LogP contribution in [-0.4, -0.2) is 6.10 Å². The summed E-state index contributed by atoms with van der Waals surface area (Å²) in [5.41, 5.74) is 2.73. The highest BCUT2D eigenvalue weighted by Gasteiger charge is 2.23. The largest absolute Gasteiger partial charge is 0.487 e. The van der Waals surface area contributed by atoms with Crippen molar-refractivity contribution >= 4 is 21.9 Å². The van der Waals surface area contributed by atoms with Crippen LogP contribution in [0.4, 0.5) is 8.78 Å². The number of hydrogen-bond donors (Lipinski definition) is 0. The molecule has 38 heavy (non-hydrogen) atoms. The van der Waals surface area contributed by atoms with Crippen molar-refractivity contribution in [1.29, 1.82) is 0 Å². The average molecular weight is 517 g/mol. The smallest absolute Gasteiger partial charge is 0.208 e. The fraction of sp³-hybridized carbons (Fsp3) is 0.471. The summed E-state index contributed by atoms with van der Waals surface area (Å²) < 4.78 is 42.7. The fourth-order valence-corrected chi connectivity index (χ4v) is 6.76. The molecule has 0 N–H and O–H groups in total. The molecule has 0 atom stereocenters. The molecule has 1 heterocycles. The number of benzene rings is 3. The first kappa shape index (κ1) is 25.4. The molecule has 2 nitrogen and oxygen atoms in total. The summed E-state index contributed by atoms with van der Waals surface area (Å²) in [5, 5.41) is 1.15. The van der Waals surface area contributed by atoms with Gasteiger partial charge in [0, 0.05) is 16.3 Å². The van der Waals surface area contributed by atoms with Crippen LogP contribution in [0.25, 0.3) is 33.1 Å². The third-order valence-corrected chi connectivity index (χ3v) is 9.02. The molecule has 0 unspecified atom stereocenters. The number of furan rings is 1. The van der Waals surface area contributed by atoms with Crippen molar-refractivity contribution in [1.82, 2.24) is 0 Å². The molecule has 4 aromatic rings. The van der Waals surface area contributed by atoms with Crippen LogP contribution < -0.4 is 4.74 Å². The molecule has 2 aliphatic carbocycles. The van der Waals surface area contributed by atoms with Gasteiger partial charge in [-0.1, -0.05) is 75.8 Å². The first-order valence-electron chi connectivity index (χ1n) is 14.7. The maximum atomic E-state index is 15.7. The highest BCUT2D eigenvalue weighted by molar-refractivity contribution is 6.06. The van der Waals surface area contributed by atoms with Crippen LogP contribution in [0.15, 0.2) is 52.9 Å². The molecule has 0 radical (unpaired) electrons. The molecule has 200 valence electrons. The van der Waals surface area contributed by atoms with Gasteiger partial charge >= 0.3 is 0 Å². The summed E-state index contributed by atoms with van der Waals surface area (Å²) in [6.07, 6.45) is 14.6. The Morgan fingerprint density at radius 2 is 1.37 bits per heavy atom. The van der Waals surface area contributed by atoms with Crippen LogP contribution in [-0.2, 0) is 6.42 Å². The summed E-state index contributed by atoms with van der Waals surface area (Å²) in [7, 11) is 0. The Morgan fingerprint density at radius 3 is 2.05 bits per heavy atom. The van der Waals surface area contributed by atoms with E-state index >= 15 is 8.78 Å². The van der Waals surface area contributed by atoms with E-state index in [4.69, 9.17) is 9.15 Å². The first-order chi connectivity index (χ1) is 18.6. The number of ether oxygens (including phenoxy) is 1. The molecular weight excluding hydrogens is 478 g/mol. The average Bonchev–Trinajstić information content (AvgIpc) is 3.59. The molecule has 2 saturated carbocycles. The van der Waals surface area contributed by atoms with Gasteiger partial charge in [0.1, 0.15) is 0 Å². The van der Waals surface area contributed by atoms with E-state index in [2.05, 4.69) is 19.1 Å². The summed E-state index contributed by atoms with van der Waals surface area (Å²) >= 11 is 0. The van der Waals surface area contributed by atoms with Gasteiger partial charge in [0.25, 0.3) is 0 Å². The van der Waals surface area contributed by atoms with Gasteiger partial charge in [-0.25, -0.2) is 4.39 Å². The van der Waals surface area contributed by atoms with Gasteiger partial charge in [-0.15, -0.1) is 0 Å². The molecule has 6 rings (SSSR count). The maximum absolute atomic E-state index is 15.7. The predicted octanol–water partition coefficient (Wildman–Crippen LogP) is 10.4. The third-order valence-electron chi connectivity index (χ3n) is 9.02. The summed E-state index contributed by atoms with van der Waals surface area (Å²) in [6.45, 7) is 2.29. The van der Waals surface area contributed by atoms with Crippen molar-refractivity contribution in [2.45, 2.75) is 90.1 Å². The van der Waals surface area contributed by atoms with Crippen LogP contribution >= 0.6 is 0 Å². The summed E-state index contributed by atoms with van der Waals surface area (Å²) in [4.78, 5) is 0. The molecule has 0 aliphatic heterocycles. The van der Waals surface area contributed by atoms with E-state index in [9.17, 15) is 0 Å². The van der Waals surface area contributed by atoms with Crippen molar-refractivity contribution in [2.75, 3.05) is 0 Å². The van der Waals surface area contributed by atoms with Crippen molar-refractivity contribution in [2.24, 2.45) is 11.8 Å². The normalized spacial score (nSPS) is 20.5. The van der Waals surface area contributed by atoms with Crippen LogP contribution in [0.5, 0.6) is 5.75 Å². The quantitative estimate of drug-likeness (QED) is 0.232. The maximum Gasteiger partial charge on any atom is 0.208 e. The van der Waals surface area contributed by atoms with Crippen molar-refractivity contribution in [3.63, 3.8) is 0 Å². The highest BCUT2D eigenvalue weighted by Crippen LogP contribution is 2.39. The van der Waals surface area contributed by atoms with Crippen LogP contribution in [0.1, 0.15) is 83.1 Å². The molecule has 0 saturated heterocycles. The Morgan fingerprint density at radius 1 is 0.737 bits per heavy atom. The van der Waals surface area contributed by atoms with Gasteiger partial charge in [0.15, 0.2) is 22.7 Å². The van der Waals surface area contributed by atoms with E-state index in [0.29, 0.717) is 16.3 Å². The van der Waals surface area contributed by atoms with E-state index in [1.807, 2.05) is 18.2 Å². The Kier molecular flexibility index (Phi) is 7.41. The molecule has 0 amide bonds. The van der Waals surface area contributed by atoms with Gasteiger partial charge in [-0.3, -0.25) is 0 Å². The lowest BCUT2D eigenvalue weighted by atomic mass is 9.78. The minimum absolute atomic E-state index is 0.0402. The topological polar surface area (TPSA) is 22.4 Å². The van der Waals surface area contributed by atoms with Gasteiger partial charge < -0.3 is 9.15 Å². The van der Waals surface area contributed by atoms with Gasteiger partial charge in [-0.05, 0) is 79.7 Å². The van der Waals surface area contributed by atoms with E-state index in [-0.39, 0.29) is 23.0 Å². The van der Waals surface area contributed by atoms with E-state index in [0.717, 1.165) is 49.5 Å². The second-order valence-corrected chi connectivity index (χ2v) is 11.6. The lowest BCUT2D eigenvalue weighted by Gasteiger charge is -2.28. The number of hydrogen-bond acceptors (Lipinski definition) is 2. The molecule has 0 spiro atoms.